The van der Waals surface area contributed by atoms with E-state index < -0.39 is 0 Å². The first-order valence-electron chi connectivity index (χ1n) is 5.06. The number of amides is 1. The average molecular weight is 232 g/mol. The predicted octanol–water partition coefficient (Wildman–Crippen LogP) is 1.38. The highest BCUT2D eigenvalue weighted by Gasteiger charge is 2.11. The number of anilines is 1. The van der Waals surface area contributed by atoms with Gasteiger partial charge in [-0.1, -0.05) is 0 Å². The van der Waals surface area contributed by atoms with Gasteiger partial charge in [0.2, 0.25) is 5.82 Å². The van der Waals surface area contributed by atoms with Crippen molar-refractivity contribution in [2.75, 3.05) is 5.32 Å². The highest BCUT2D eigenvalue weighted by molar-refractivity contribution is 6.01. The lowest BCUT2D eigenvalue weighted by atomic mass is 10.2. The standard InChI is InChI=1S/C11H12N4O2/c1-6-5-8(3-4-9(6)16)13-11(17)10-12-7(2)14-15-10/h3-5,16H,1-2H3,(H,13,17)(H,12,14,15). The number of nitrogens with zero attached hydrogens (tertiary/aromatic N) is 2. The number of nitrogens with one attached hydrogen (secondary N) is 2. The molecule has 2 rings (SSSR count). The zero-order valence-corrected chi connectivity index (χ0v) is 9.48. The first-order chi connectivity index (χ1) is 8.06. The number of hydrogen-bond donors (Lipinski definition) is 3. The van der Waals surface area contributed by atoms with Gasteiger partial charge in [0, 0.05) is 5.69 Å². The molecule has 0 spiro atoms. The molecule has 0 aliphatic heterocycles. The molecule has 0 radical (unpaired) electrons. The van der Waals surface area contributed by atoms with Gasteiger partial charge in [-0.05, 0) is 37.6 Å². The maximum atomic E-state index is 11.7. The zero-order chi connectivity index (χ0) is 12.4. The molecule has 0 atom stereocenters. The Labute approximate surface area is 97.7 Å². The van der Waals surface area contributed by atoms with E-state index in [0.29, 0.717) is 17.1 Å². The van der Waals surface area contributed by atoms with Crippen LogP contribution in [0.15, 0.2) is 18.2 Å². The number of carbonyl (C=O) groups excluding carboxylic acids is 1. The molecule has 88 valence electrons. The third-order valence-electron chi connectivity index (χ3n) is 2.25. The lowest BCUT2D eigenvalue weighted by molar-refractivity contribution is 0.101. The van der Waals surface area contributed by atoms with Crippen LogP contribution in [-0.2, 0) is 0 Å². The number of rotatable bonds is 2. The number of benzene rings is 1. The van der Waals surface area contributed by atoms with Crippen LogP contribution in [0, 0.1) is 13.8 Å². The summed E-state index contributed by atoms with van der Waals surface area (Å²) in [7, 11) is 0. The summed E-state index contributed by atoms with van der Waals surface area (Å²) in [6.45, 7) is 3.47. The molecular formula is C11H12N4O2. The molecule has 0 aliphatic carbocycles. The van der Waals surface area contributed by atoms with Crippen molar-refractivity contribution in [2.24, 2.45) is 0 Å². The number of carbonyl (C=O) groups is 1. The molecule has 1 amide bonds. The van der Waals surface area contributed by atoms with Crippen LogP contribution >= 0.6 is 0 Å². The molecule has 6 nitrogen and oxygen atoms in total. The fraction of sp³-hybridized carbons (Fsp3) is 0.182. The predicted molar refractivity (Wildman–Crippen MR) is 61.9 cm³/mol. The maximum Gasteiger partial charge on any atom is 0.295 e. The van der Waals surface area contributed by atoms with Crippen LogP contribution in [0.1, 0.15) is 22.0 Å². The summed E-state index contributed by atoms with van der Waals surface area (Å²) < 4.78 is 0. The third kappa shape index (κ3) is 2.41. The number of aryl methyl sites for hydroxylation is 2. The summed E-state index contributed by atoms with van der Waals surface area (Å²) in [6, 6.07) is 4.81. The lowest BCUT2D eigenvalue weighted by Gasteiger charge is -2.04. The molecule has 1 heterocycles. The Morgan fingerprint density at radius 2 is 2.18 bits per heavy atom. The summed E-state index contributed by atoms with van der Waals surface area (Å²) in [5.74, 6) is 0.474. The quantitative estimate of drug-likeness (QED) is 0.682. The van der Waals surface area contributed by atoms with Gasteiger partial charge in [-0.3, -0.25) is 9.89 Å². The fourth-order valence-electron chi connectivity index (χ4n) is 1.36. The second-order valence-electron chi connectivity index (χ2n) is 3.70. The Balaban J connectivity index is 2.15. The minimum atomic E-state index is -0.389. The summed E-state index contributed by atoms with van der Waals surface area (Å²) in [5, 5.41) is 18.3. The second kappa shape index (κ2) is 4.25. The fourth-order valence-corrected chi connectivity index (χ4v) is 1.36. The van der Waals surface area contributed by atoms with Crippen LogP contribution in [0.4, 0.5) is 5.69 Å². The average Bonchev–Trinajstić information content (AvgIpc) is 2.70. The summed E-state index contributed by atoms with van der Waals surface area (Å²) in [6.07, 6.45) is 0. The molecule has 0 unspecified atom stereocenters. The molecular weight excluding hydrogens is 220 g/mol. The van der Waals surface area contributed by atoms with Crippen LogP contribution in [0.25, 0.3) is 0 Å². The molecule has 0 fully saturated rings. The van der Waals surface area contributed by atoms with E-state index in [1.807, 2.05) is 0 Å². The van der Waals surface area contributed by atoms with Crippen molar-refractivity contribution in [1.82, 2.24) is 15.2 Å². The number of aromatic amines is 1. The van der Waals surface area contributed by atoms with E-state index in [1.165, 1.54) is 6.07 Å². The Morgan fingerprint density at radius 1 is 1.41 bits per heavy atom. The van der Waals surface area contributed by atoms with E-state index in [2.05, 4.69) is 20.5 Å². The topological polar surface area (TPSA) is 90.9 Å². The molecule has 6 heteroatoms. The van der Waals surface area contributed by atoms with Gasteiger partial charge < -0.3 is 10.4 Å². The van der Waals surface area contributed by atoms with Crippen LogP contribution in [0.5, 0.6) is 5.75 Å². The van der Waals surface area contributed by atoms with Crippen molar-refractivity contribution in [3.8, 4) is 5.75 Å². The van der Waals surface area contributed by atoms with Gasteiger partial charge in [0.25, 0.3) is 5.91 Å². The second-order valence-corrected chi connectivity index (χ2v) is 3.70. The SMILES string of the molecule is Cc1nc(C(=O)Nc2ccc(O)c(C)c2)n[nH]1. The minimum Gasteiger partial charge on any atom is -0.508 e. The summed E-state index contributed by atoms with van der Waals surface area (Å²) in [4.78, 5) is 15.6. The number of aromatic hydroxyl groups is 1. The molecule has 0 saturated heterocycles. The largest absolute Gasteiger partial charge is 0.508 e. The van der Waals surface area contributed by atoms with Gasteiger partial charge in [0.05, 0.1) is 0 Å². The number of H-pyrrole nitrogens is 1. The number of hydrogen-bond acceptors (Lipinski definition) is 4. The zero-order valence-electron chi connectivity index (χ0n) is 9.48. The summed E-state index contributed by atoms with van der Waals surface area (Å²) in [5.41, 5.74) is 1.28. The maximum absolute atomic E-state index is 11.7. The molecule has 3 N–H and O–H groups in total. The first kappa shape index (κ1) is 11.1. The van der Waals surface area contributed by atoms with Crippen molar-refractivity contribution < 1.29 is 9.90 Å². The molecule has 0 bridgehead atoms. The molecule has 17 heavy (non-hydrogen) atoms. The van der Waals surface area contributed by atoms with Crippen molar-refractivity contribution in [2.45, 2.75) is 13.8 Å². The molecule has 1 aromatic heterocycles. The third-order valence-corrected chi connectivity index (χ3v) is 2.25. The van der Waals surface area contributed by atoms with Crippen molar-refractivity contribution in [3.63, 3.8) is 0 Å². The normalized spacial score (nSPS) is 10.2. The highest BCUT2D eigenvalue weighted by atomic mass is 16.3. The van der Waals surface area contributed by atoms with Crippen LogP contribution in [-0.4, -0.2) is 26.2 Å². The molecule has 0 aliphatic rings. The number of aromatic nitrogens is 3. The Hall–Kier alpha value is -2.37. The molecule has 0 saturated carbocycles. The van der Waals surface area contributed by atoms with Crippen LogP contribution < -0.4 is 5.32 Å². The lowest BCUT2D eigenvalue weighted by Crippen LogP contribution is -2.13. The van der Waals surface area contributed by atoms with E-state index in [-0.39, 0.29) is 17.5 Å². The van der Waals surface area contributed by atoms with Gasteiger partial charge in [0.15, 0.2) is 0 Å². The minimum absolute atomic E-state index is 0.0910. The van der Waals surface area contributed by atoms with Crippen molar-refractivity contribution in [1.29, 1.82) is 0 Å². The molecule has 1 aromatic carbocycles. The first-order valence-corrected chi connectivity index (χ1v) is 5.06. The monoisotopic (exact) mass is 232 g/mol. The van der Waals surface area contributed by atoms with Crippen molar-refractivity contribution in [3.05, 3.63) is 35.4 Å². The van der Waals surface area contributed by atoms with E-state index >= 15 is 0 Å². The van der Waals surface area contributed by atoms with Gasteiger partial charge >= 0.3 is 0 Å². The Morgan fingerprint density at radius 3 is 2.76 bits per heavy atom. The summed E-state index contributed by atoms with van der Waals surface area (Å²) >= 11 is 0. The van der Waals surface area contributed by atoms with Crippen LogP contribution in [0.2, 0.25) is 0 Å². The van der Waals surface area contributed by atoms with Gasteiger partial charge in [-0.2, -0.15) is 0 Å². The van der Waals surface area contributed by atoms with Crippen molar-refractivity contribution >= 4 is 11.6 Å². The highest BCUT2D eigenvalue weighted by Crippen LogP contribution is 2.20. The van der Waals surface area contributed by atoms with Gasteiger partial charge in [-0.25, -0.2) is 4.98 Å². The smallest absolute Gasteiger partial charge is 0.295 e. The molecule has 2 aromatic rings. The number of phenols is 1. The Kier molecular flexibility index (Phi) is 2.78. The Bertz CT molecular complexity index is 562. The van der Waals surface area contributed by atoms with E-state index in [4.69, 9.17) is 0 Å². The van der Waals surface area contributed by atoms with Gasteiger partial charge in [0.1, 0.15) is 11.6 Å². The number of phenolic OH excluding ortho intramolecular Hbond substituents is 1. The van der Waals surface area contributed by atoms with E-state index in [1.54, 1.807) is 26.0 Å². The van der Waals surface area contributed by atoms with E-state index in [0.717, 1.165) is 0 Å². The van der Waals surface area contributed by atoms with E-state index in [9.17, 15) is 9.90 Å². The van der Waals surface area contributed by atoms with Crippen LogP contribution in [0.3, 0.4) is 0 Å². The van der Waals surface area contributed by atoms with Gasteiger partial charge in [-0.15, -0.1) is 5.10 Å².